The van der Waals surface area contributed by atoms with Crippen LogP contribution < -0.4 is 5.73 Å². The van der Waals surface area contributed by atoms with Crippen LogP contribution in [-0.4, -0.2) is 0 Å². The number of benzene rings is 3. The van der Waals surface area contributed by atoms with Gasteiger partial charge in [0, 0.05) is 11.3 Å². The number of anilines is 1. The van der Waals surface area contributed by atoms with E-state index in [1.807, 2.05) is 78.9 Å². The van der Waals surface area contributed by atoms with Crippen LogP contribution in [0, 0.1) is 0 Å². The molecule has 0 spiro atoms. The number of para-hydroxylation sites is 1. The van der Waals surface area contributed by atoms with Gasteiger partial charge in [-0.15, -0.1) is 0 Å². The maximum Gasteiger partial charge on any atom is 0.0393 e. The van der Waals surface area contributed by atoms with Crippen LogP contribution in [0.4, 0.5) is 5.69 Å². The molecule has 2 N–H and O–H groups in total. The molecule has 1 heteroatoms. The minimum Gasteiger partial charge on any atom is -0.398 e. The Labute approximate surface area is 114 Å². The van der Waals surface area contributed by atoms with E-state index in [0.717, 1.165) is 11.3 Å². The lowest BCUT2D eigenvalue weighted by Crippen LogP contribution is -1.88. The lowest BCUT2D eigenvalue weighted by molar-refractivity contribution is 1.61. The lowest BCUT2D eigenvalue weighted by Gasteiger charge is -2.03. The van der Waals surface area contributed by atoms with E-state index >= 15 is 0 Å². The first-order valence-electron chi connectivity index (χ1n) is 6.28. The van der Waals surface area contributed by atoms with Gasteiger partial charge in [0.2, 0.25) is 0 Å². The Balaban J connectivity index is 0.000000186. The summed E-state index contributed by atoms with van der Waals surface area (Å²) in [5, 5.41) is 0. The van der Waals surface area contributed by atoms with Crippen molar-refractivity contribution in [1.29, 1.82) is 0 Å². The molecule has 19 heavy (non-hydrogen) atoms. The molecule has 1 nitrogen and oxygen atoms in total. The summed E-state index contributed by atoms with van der Waals surface area (Å²) in [4.78, 5) is 0. The Morgan fingerprint density at radius 3 is 1.42 bits per heavy atom. The van der Waals surface area contributed by atoms with Crippen molar-refractivity contribution in [2.24, 2.45) is 0 Å². The molecule has 94 valence electrons. The van der Waals surface area contributed by atoms with Crippen LogP contribution in [0.2, 0.25) is 0 Å². The third-order valence-electron chi connectivity index (χ3n) is 2.71. The van der Waals surface area contributed by atoms with Crippen molar-refractivity contribution in [3.05, 3.63) is 91.0 Å². The molecule has 0 aromatic heterocycles. The first kappa shape index (κ1) is 12.9. The van der Waals surface area contributed by atoms with Crippen molar-refractivity contribution in [3.63, 3.8) is 0 Å². The van der Waals surface area contributed by atoms with Crippen molar-refractivity contribution >= 4 is 5.69 Å². The molecule has 0 radical (unpaired) electrons. The molecule has 0 amide bonds. The van der Waals surface area contributed by atoms with Crippen molar-refractivity contribution < 1.29 is 0 Å². The van der Waals surface area contributed by atoms with Gasteiger partial charge in [0.25, 0.3) is 0 Å². The Morgan fingerprint density at radius 2 is 0.895 bits per heavy atom. The van der Waals surface area contributed by atoms with Crippen LogP contribution in [0.1, 0.15) is 0 Å². The summed E-state index contributed by atoms with van der Waals surface area (Å²) in [5.41, 5.74) is 8.95. The standard InChI is InChI=1S/C12H11N.C6H6/c13-12-9-5-4-8-11(12)10-6-2-1-3-7-10;1-2-4-6-5-3-1/h1-9H,13H2;1-6H. The Morgan fingerprint density at radius 1 is 0.474 bits per heavy atom. The van der Waals surface area contributed by atoms with Gasteiger partial charge in [-0.1, -0.05) is 84.9 Å². The van der Waals surface area contributed by atoms with Crippen LogP contribution in [-0.2, 0) is 0 Å². The van der Waals surface area contributed by atoms with Crippen molar-refractivity contribution in [2.45, 2.75) is 0 Å². The molecule has 0 heterocycles. The van der Waals surface area contributed by atoms with Gasteiger partial charge in [0.15, 0.2) is 0 Å². The summed E-state index contributed by atoms with van der Waals surface area (Å²) in [6.45, 7) is 0. The third-order valence-corrected chi connectivity index (χ3v) is 2.71. The average molecular weight is 247 g/mol. The van der Waals surface area contributed by atoms with E-state index in [0.29, 0.717) is 0 Å². The van der Waals surface area contributed by atoms with E-state index in [9.17, 15) is 0 Å². The number of nitrogen functional groups attached to an aromatic ring is 1. The maximum atomic E-state index is 5.85. The second kappa shape index (κ2) is 7.02. The molecule has 0 aliphatic rings. The minimum atomic E-state index is 0.828. The molecule has 0 saturated carbocycles. The summed E-state index contributed by atoms with van der Waals surface area (Å²) < 4.78 is 0. The van der Waals surface area contributed by atoms with Crippen LogP contribution >= 0.6 is 0 Å². The van der Waals surface area contributed by atoms with E-state index in [1.54, 1.807) is 0 Å². The fourth-order valence-electron chi connectivity index (χ4n) is 1.76. The largest absolute Gasteiger partial charge is 0.398 e. The van der Waals surface area contributed by atoms with E-state index in [-0.39, 0.29) is 0 Å². The molecule has 0 fully saturated rings. The minimum absolute atomic E-state index is 0.828. The quantitative estimate of drug-likeness (QED) is 0.624. The maximum absolute atomic E-state index is 5.85. The summed E-state index contributed by atoms with van der Waals surface area (Å²) in [7, 11) is 0. The summed E-state index contributed by atoms with van der Waals surface area (Å²) >= 11 is 0. The fourth-order valence-corrected chi connectivity index (χ4v) is 1.76. The highest BCUT2D eigenvalue weighted by atomic mass is 14.6. The number of hydrogen-bond acceptors (Lipinski definition) is 1. The van der Waals surface area contributed by atoms with E-state index in [2.05, 4.69) is 12.1 Å². The highest BCUT2D eigenvalue weighted by molar-refractivity contribution is 5.75. The lowest BCUT2D eigenvalue weighted by atomic mass is 10.0. The molecule has 0 bridgehead atoms. The van der Waals surface area contributed by atoms with Gasteiger partial charge in [0.1, 0.15) is 0 Å². The monoisotopic (exact) mass is 247 g/mol. The van der Waals surface area contributed by atoms with Gasteiger partial charge in [-0.2, -0.15) is 0 Å². The van der Waals surface area contributed by atoms with E-state index in [1.165, 1.54) is 5.56 Å². The Bertz CT molecular complexity index is 562. The van der Waals surface area contributed by atoms with Gasteiger partial charge in [-0.05, 0) is 11.6 Å². The number of nitrogens with two attached hydrogens (primary N) is 1. The van der Waals surface area contributed by atoms with Gasteiger partial charge in [-0.25, -0.2) is 0 Å². The Hall–Kier alpha value is -2.54. The molecular formula is C18H17N. The summed E-state index contributed by atoms with van der Waals surface area (Å²) in [5.74, 6) is 0. The van der Waals surface area contributed by atoms with Crippen LogP contribution in [0.25, 0.3) is 11.1 Å². The molecule has 3 aromatic carbocycles. The van der Waals surface area contributed by atoms with Crippen molar-refractivity contribution in [3.8, 4) is 11.1 Å². The molecule has 3 aromatic rings. The highest BCUT2D eigenvalue weighted by Gasteiger charge is 1.98. The van der Waals surface area contributed by atoms with Gasteiger partial charge < -0.3 is 5.73 Å². The summed E-state index contributed by atoms with van der Waals surface area (Å²) in [6, 6.07) is 30.1. The Kier molecular flexibility index (Phi) is 4.77. The first-order valence-corrected chi connectivity index (χ1v) is 6.28. The number of rotatable bonds is 1. The molecular weight excluding hydrogens is 230 g/mol. The molecule has 0 atom stereocenters. The van der Waals surface area contributed by atoms with Crippen molar-refractivity contribution in [1.82, 2.24) is 0 Å². The highest BCUT2D eigenvalue weighted by Crippen LogP contribution is 2.24. The van der Waals surface area contributed by atoms with Crippen LogP contribution in [0.3, 0.4) is 0 Å². The SMILES string of the molecule is Nc1ccccc1-c1ccccc1.c1ccccc1. The topological polar surface area (TPSA) is 26.0 Å². The van der Waals surface area contributed by atoms with Gasteiger partial charge >= 0.3 is 0 Å². The summed E-state index contributed by atoms with van der Waals surface area (Å²) in [6.07, 6.45) is 0. The second-order valence-electron chi connectivity index (χ2n) is 4.11. The average Bonchev–Trinajstić information content (AvgIpc) is 2.51. The molecule has 0 aliphatic heterocycles. The van der Waals surface area contributed by atoms with Crippen molar-refractivity contribution in [2.75, 3.05) is 5.73 Å². The smallest absolute Gasteiger partial charge is 0.0393 e. The fraction of sp³-hybridized carbons (Fsp3) is 0. The molecule has 0 aliphatic carbocycles. The van der Waals surface area contributed by atoms with Crippen LogP contribution in [0.15, 0.2) is 91.0 Å². The molecule has 3 rings (SSSR count). The van der Waals surface area contributed by atoms with Gasteiger partial charge in [0.05, 0.1) is 0 Å². The molecule has 0 unspecified atom stereocenters. The van der Waals surface area contributed by atoms with E-state index in [4.69, 9.17) is 5.73 Å². The van der Waals surface area contributed by atoms with E-state index < -0.39 is 0 Å². The zero-order valence-electron chi connectivity index (χ0n) is 10.7. The zero-order chi connectivity index (χ0) is 13.3. The predicted octanol–water partition coefficient (Wildman–Crippen LogP) is 4.62. The van der Waals surface area contributed by atoms with Gasteiger partial charge in [-0.3, -0.25) is 0 Å². The number of hydrogen-bond donors (Lipinski definition) is 1. The zero-order valence-corrected chi connectivity index (χ0v) is 10.7. The molecule has 0 saturated heterocycles. The normalized spacial score (nSPS) is 9.26. The third kappa shape index (κ3) is 4.00. The first-order chi connectivity index (χ1) is 9.38. The van der Waals surface area contributed by atoms with Crippen LogP contribution in [0.5, 0.6) is 0 Å². The predicted molar refractivity (Wildman–Crippen MR) is 82.7 cm³/mol. The second-order valence-corrected chi connectivity index (χ2v) is 4.11.